The minimum atomic E-state index is 0.578. The number of rotatable bonds is 2. The fourth-order valence-corrected chi connectivity index (χ4v) is 3.51. The number of hydrogen-bond acceptors (Lipinski definition) is 2. The highest BCUT2D eigenvalue weighted by Crippen LogP contribution is 2.37. The summed E-state index contributed by atoms with van der Waals surface area (Å²) in [5.74, 6) is 0. The first kappa shape index (κ1) is 13.7. The van der Waals surface area contributed by atoms with Crippen molar-refractivity contribution >= 4 is 27.3 Å². The first-order valence-electron chi connectivity index (χ1n) is 7.04. The first-order valence-corrected chi connectivity index (χ1v) is 7.84. The molecule has 0 spiro atoms. The van der Waals surface area contributed by atoms with Crippen LogP contribution in [0.4, 0.5) is 11.4 Å². The fraction of sp³-hybridized carbons (Fsp3) is 0.294. The van der Waals surface area contributed by atoms with Gasteiger partial charge in [0.15, 0.2) is 0 Å². The molecule has 0 bridgehead atoms. The summed E-state index contributed by atoms with van der Waals surface area (Å²) in [5, 5.41) is 0. The maximum atomic E-state index is 5.71. The highest BCUT2D eigenvalue weighted by molar-refractivity contribution is 9.10. The lowest BCUT2D eigenvalue weighted by molar-refractivity contribution is 0.765. The van der Waals surface area contributed by atoms with Crippen LogP contribution in [0.25, 0.3) is 0 Å². The second-order valence-corrected chi connectivity index (χ2v) is 6.23. The molecule has 2 nitrogen and oxygen atoms in total. The molecule has 1 heterocycles. The van der Waals surface area contributed by atoms with Crippen LogP contribution in [0.1, 0.15) is 23.1 Å². The van der Waals surface area contributed by atoms with Crippen molar-refractivity contribution in [3.8, 4) is 0 Å². The van der Waals surface area contributed by atoms with Crippen LogP contribution in [0, 0.1) is 6.92 Å². The zero-order chi connectivity index (χ0) is 14.1. The van der Waals surface area contributed by atoms with E-state index in [9.17, 15) is 0 Å². The van der Waals surface area contributed by atoms with E-state index in [-0.39, 0.29) is 0 Å². The highest BCUT2D eigenvalue weighted by atomic mass is 79.9. The molecule has 0 saturated carbocycles. The second kappa shape index (κ2) is 5.58. The van der Waals surface area contributed by atoms with Crippen LogP contribution >= 0.6 is 15.9 Å². The van der Waals surface area contributed by atoms with Crippen molar-refractivity contribution in [2.24, 2.45) is 5.73 Å². The molecule has 0 radical (unpaired) electrons. The van der Waals surface area contributed by atoms with Crippen LogP contribution in [-0.4, -0.2) is 6.54 Å². The Hall–Kier alpha value is -1.32. The molecular weight excluding hydrogens is 312 g/mol. The standard InChI is InChI=1S/C17H19BrN2/c1-12-4-6-16-14(9-12)3-2-8-20(16)17-7-5-13(11-19)10-15(17)18/h4-7,9-10H,2-3,8,11,19H2,1H3. The Morgan fingerprint density at radius 2 is 1.95 bits per heavy atom. The van der Waals surface area contributed by atoms with Gasteiger partial charge in [-0.3, -0.25) is 0 Å². The summed E-state index contributed by atoms with van der Waals surface area (Å²) < 4.78 is 1.12. The second-order valence-electron chi connectivity index (χ2n) is 5.38. The Morgan fingerprint density at radius 3 is 2.70 bits per heavy atom. The third-order valence-corrected chi connectivity index (χ3v) is 4.53. The smallest absolute Gasteiger partial charge is 0.0555 e. The third kappa shape index (κ3) is 2.48. The summed E-state index contributed by atoms with van der Waals surface area (Å²) in [6.45, 7) is 3.80. The van der Waals surface area contributed by atoms with E-state index < -0.39 is 0 Å². The van der Waals surface area contributed by atoms with Crippen LogP contribution in [-0.2, 0) is 13.0 Å². The molecule has 2 aromatic rings. The summed E-state index contributed by atoms with van der Waals surface area (Å²) >= 11 is 3.69. The largest absolute Gasteiger partial charge is 0.340 e. The van der Waals surface area contributed by atoms with E-state index >= 15 is 0 Å². The van der Waals surface area contributed by atoms with E-state index in [4.69, 9.17) is 5.73 Å². The Bertz CT molecular complexity index is 637. The van der Waals surface area contributed by atoms with Gasteiger partial charge in [-0.15, -0.1) is 0 Å². The number of hydrogen-bond donors (Lipinski definition) is 1. The zero-order valence-electron chi connectivity index (χ0n) is 11.7. The summed E-state index contributed by atoms with van der Waals surface area (Å²) in [6, 6.07) is 13.2. The maximum absolute atomic E-state index is 5.71. The number of fused-ring (bicyclic) bond motifs is 1. The van der Waals surface area contributed by atoms with Crippen molar-refractivity contribution in [1.29, 1.82) is 0 Å². The normalized spacial score (nSPS) is 14.2. The molecule has 20 heavy (non-hydrogen) atoms. The van der Waals surface area contributed by atoms with Crippen molar-refractivity contribution < 1.29 is 0 Å². The van der Waals surface area contributed by atoms with Crippen LogP contribution in [0.3, 0.4) is 0 Å². The van der Waals surface area contributed by atoms with Gasteiger partial charge in [0.2, 0.25) is 0 Å². The molecule has 0 unspecified atom stereocenters. The monoisotopic (exact) mass is 330 g/mol. The lowest BCUT2D eigenvalue weighted by Gasteiger charge is -2.32. The summed E-state index contributed by atoms with van der Waals surface area (Å²) in [5.41, 5.74) is 12.2. The number of anilines is 2. The molecule has 2 aromatic carbocycles. The van der Waals surface area contributed by atoms with Crippen LogP contribution < -0.4 is 10.6 Å². The van der Waals surface area contributed by atoms with Gasteiger partial charge in [0.25, 0.3) is 0 Å². The van der Waals surface area contributed by atoms with E-state index in [1.807, 2.05) is 0 Å². The average Bonchev–Trinajstić information content (AvgIpc) is 2.46. The van der Waals surface area contributed by atoms with E-state index in [0.717, 1.165) is 16.6 Å². The lowest BCUT2D eigenvalue weighted by atomic mass is 9.99. The van der Waals surface area contributed by atoms with Gasteiger partial charge in [-0.2, -0.15) is 0 Å². The number of halogens is 1. The maximum Gasteiger partial charge on any atom is 0.0555 e. The first-order chi connectivity index (χ1) is 9.69. The van der Waals surface area contributed by atoms with Gasteiger partial charge in [-0.25, -0.2) is 0 Å². The van der Waals surface area contributed by atoms with E-state index in [1.54, 1.807) is 0 Å². The van der Waals surface area contributed by atoms with Gasteiger partial charge in [-0.1, -0.05) is 23.8 Å². The van der Waals surface area contributed by atoms with Crippen molar-refractivity contribution in [1.82, 2.24) is 0 Å². The van der Waals surface area contributed by atoms with E-state index in [1.165, 1.54) is 35.3 Å². The Kier molecular flexibility index (Phi) is 3.81. The summed E-state index contributed by atoms with van der Waals surface area (Å²) in [6.07, 6.45) is 2.37. The molecule has 0 fully saturated rings. The van der Waals surface area contributed by atoms with Crippen LogP contribution in [0.15, 0.2) is 40.9 Å². The van der Waals surface area contributed by atoms with Crippen LogP contribution in [0.5, 0.6) is 0 Å². The van der Waals surface area contributed by atoms with Gasteiger partial charge >= 0.3 is 0 Å². The van der Waals surface area contributed by atoms with Crippen molar-refractivity contribution in [3.63, 3.8) is 0 Å². The molecule has 104 valence electrons. The Morgan fingerprint density at radius 1 is 1.15 bits per heavy atom. The highest BCUT2D eigenvalue weighted by Gasteiger charge is 2.19. The molecule has 2 N–H and O–H groups in total. The molecule has 3 heteroatoms. The van der Waals surface area contributed by atoms with Gasteiger partial charge in [0.05, 0.1) is 5.69 Å². The Labute approximate surface area is 128 Å². The van der Waals surface area contributed by atoms with Gasteiger partial charge in [0, 0.05) is 23.2 Å². The van der Waals surface area contributed by atoms with Gasteiger partial charge < -0.3 is 10.6 Å². The van der Waals surface area contributed by atoms with Gasteiger partial charge in [0.1, 0.15) is 0 Å². The zero-order valence-corrected chi connectivity index (χ0v) is 13.3. The third-order valence-electron chi connectivity index (χ3n) is 3.89. The lowest BCUT2D eigenvalue weighted by Crippen LogP contribution is -2.24. The molecule has 1 aliphatic heterocycles. The van der Waals surface area contributed by atoms with Crippen molar-refractivity contribution in [2.45, 2.75) is 26.3 Å². The van der Waals surface area contributed by atoms with Crippen LogP contribution in [0.2, 0.25) is 0 Å². The number of aryl methyl sites for hydroxylation is 2. The van der Waals surface area contributed by atoms with E-state index in [2.05, 4.69) is 64.2 Å². The molecule has 3 rings (SSSR count). The molecule has 0 saturated heterocycles. The van der Waals surface area contributed by atoms with E-state index in [0.29, 0.717) is 6.54 Å². The number of benzene rings is 2. The van der Waals surface area contributed by atoms with Crippen molar-refractivity contribution in [3.05, 3.63) is 57.6 Å². The predicted molar refractivity (Wildman–Crippen MR) is 88.5 cm³/mol. The molecule has 0 aliphatic carbocycles. The average molecular weight is 331 g/mol. The van der Waals surface area contributed by atoms with Crippen molar-refractivity contribution in [2.75, 3.05) is 11.4 Å². The summed E-state index contributed by atoms with van der Waals surface area (Å²) in [4.78, 5) is 2.41. The fourth-order valence-electron chi connectivity index (χ4n) is 2.87. The SMILES string of the molecule is Cc1ccc2c(c1)CCCN2c1ccc(CN)cc1Br. The minimum Gasteiger partial charge on any atom is -0.340 e. The molecule has 1 aliphatic rings. The molecule has 0 amide bonds. The molecular formula is C17H19BrN2. The molecule has 0 atom stereocenters. The topological polar surface area (TPSA) is 29.3 Å². The number of nitrogens with zero attached hydrogens (tertiary/aromatic N) is 1. The quantitative estimate of drug-likeness (QED) is 0.889. The van der Waals surface area contributed by atoms with Gasteiger partial charge in [-0.05, 0) is 65.0 Å². The summed E-state index contributed by atoms with van der Waals surface area (Å²) in [7, 11) is 0. The number of nitrogens with two attached hydrogens (primary N) is 1. The Balaban J connectivity index is 2.04. The molecule has 0 aromatic heterocycles. The predicted octanol–water partition coefficient (Wildman–Crippen LogP) is 4.30. The minimum absolute atomic E-state index is 0.578.